The van der Waals surface area contributed by atoms with E-state index in [2.05, 4.69) is 170 Å². The molecule has 6 aromatic rings. The lowest BCUT2D eigenvalue weighted by atomic mass is 9.36. The largest absolute Gasteiger partial charge is 0.311 e. The van der Waals surface area contributed by atoms with Crippen molar-refractivity contribution in [3.8, 4) is 0 Å². The molecule has 0 atom stereocenters. The fourth-order valence-corrected chi connectivity index (χ4v) is 10.7. The Balaban J connectivity index is 1.44. The van der Waals surface area contributed by atoms with Crippen molar-refractivity contribution in [2.75, 3.05) is 9.80 Å². The molecule has 0 bridgehead atoms. The topological polar surface area (TPSA) is 6.48 Å². The molecule has 3 aliphatic rings. The molecule has 0 radical (unpaired) electrons. The number of aryl methyl sites for hydroxylation is 3. The molecule has 3 heterocycles. The van der Waals surface area contributed by atoms with Crippen molar-refractivity contribution in [3.05, 3.63) is 124 Å². The van der Waals surface area contributed by atoms with Gasteiger partial charge in [0.1, 0.15) is 0 Å². The van der Waals surface area contributed by atoms with Crippen LogP contribution in [0.4, 0.5) is 34.1 Å². The summed E-state index contributed by atoms with van der Waals surface area (Å²) in [6.45, 7) is 23.8. The van der Waals surface area contributed by atoms with E-state index in [4.69, 9.17) is 0 Å². The van der Waals surface area contributed by atoms with E-state index < -0.39 is 0 Å². The van der Waals surface area contributed by atoms with Gasteiger partial charge in [-0.15, -0.1) is 11.3 Å². The summed E-state index contributed by atoms with van der Waals surface area (Å²) in [6.07, 6.45) is 2.42. The van der Waals surface area contributed by atoms with E-state index in [-0.39, 0.29) is 23.0 Å². The minimum absolute atomic E-state index is 0.0266. The molecule has 2 aliphatic heterocycles. The van der Waals surface area contributed by atoms with E-state index in [1.807, 2.05) is 11.3 Å². The van der Waals surface area contributed by atoms with Crippen LogP contribution < -0.4 is 25.5 Å². The van der Waals surface area contributed by atoms with Crippen molar-refractivity contribution in [1.82, 2.24) is 0 Å². The lowest BCUT2D eigenvalue weighted by Gasteiger charge is -2.44. The molecule has 9 rings (SSSR count). The van der Waals surface area contributed by atoms with E-state index in [9.17, 15) is 0 Å². The molecule has 0 spiro atoms. The van der Waals surface area contributed by atoms with Gasteiger partial charge in [-0.05, 0) is 137 Å². The lowest BCUT2D eigenvalue weighted by molar-refractivity contribution is 0.332. The van der Waals surface area contributed by atoms with Crippen LogP contribution in [0.2, 0.25) is 0 Å². The van der Waals surface area contributed by atoms with Gasteiger partial charge < -0.3 is 9.80 Å². The van der Waals surface area contributed by atoms with E-state index in [1.165, 1.54) is 106 Å². The molecule has 1 aromatic heterocycles. The van der Waals surface area contributed by atoms with E-state index in [0.717, 1.165) is 0 Å². The second-order valence-corrected chi connectivity index (χ2v) is 19.0. The SMILES string of the molecule is Cc1cc2c3c(c1)N(c1ccccc1)c1c(sc4cc5c(cc14)C(C)(C)CCC5(C)C)B3c1cc(C(C)(C)C)ccc1N2c1c(C)cccc1C. The van der Waals surface area contributed by atoms with Gasteiger partial charge in [-0.2, -0.15) is 0 Å². The molecular formula is C47H49BN2S. The smallest absolute Gasteiger partial charge is 0.264 e. The standard InChI is InChI=1S/C47H49BN2S/c1-28-23-38-41-39(24-28)50(42-29(2)15-14-16-30(42)3)37-20-19-31(45(4,5)6)25-36(37)48(41)44-43(49(38)32-17-12-11-13-18-32)33-26-34-35(27-40(33)51-44)47(9,10)22-21-46(34,7)8/h11-20,23-27H,21-22H2,1-10H3. The van der Waals surface area contributed by atoms with E-state index >= 15 is 0 Å². The first-order valence-corrected chi connectivity index (χ1v) is 19.6. The summed E-state index contributed by atoms with van der Waals surface area (Å²) in [4.78, 5) is 5.21. The van der Waals surface area contributed by atoms with Gasteiger partial charge in [0.25, 0.3) is 6.71 Å². The van der Waals surface area contributed by atoms with Crippen LogP contribution in [0, 0.1) is 20.8 Å². The summed E-state index contributed by atoms with van der Waals surface area (Å²) >= 11 is 2.04. The van der Waals surface area contributed by atoms with Crippen molar-refractivity contribution in [2.45, 2.75) is 98.3 Å². The third-order valence-electron chi connectivity index (χ3n) is 12.3. The predicted molar refractivity (Wildman–Crippen MR) is 224 cm³/mol. The molecule has 0 unspecified atom stereocenters. The van der Waals surface area contributed by atoms with Gasteiger partial charge in [-0.1, -0.05) is 97.0 Å². The normalized spacial score (nSPS) is 16.9. The Hall–Kier alpha value is -4.28. The molecule has 0 saturated carbocycles. The highest BCUT2D eigenvalue weighted by Gasteiger charge is 2.47. The zero-order chi connectivity index (χ0) is 35.8. The molecule has 0 N–H and O–H groups in total. The molecular weight excluding hydrogens is 635 g/mol. The number of para-hydroxylation sites is 2. The highest BCUT2D eigenvalue weighted by atomic mass is 32.1. The summed E-state index contributed by atoms with van der Waals surface area (Å²) in [5.74, 6) is 0. The van der Waals surface area contributed by atoms with Gasteiger partial charge in [0, 0.05) is 37.6 Å². The molecule has 0 fully saturated rings. The monoisotopic (exact) mass is 684 g/mol. The Morgan fingerprint density at radius 2 is 1.27 bits per heavy atom. The first-order valence-electron chi connectivity index (χ1n) is 18.8. The molecule has 0 saturated heterocycles. The summed E-state index contributed by atoms with van der Waals surface area (Å²) in [5, 5.41) is 1.39. The fourth-order valence-electron chi connectivity index (χ4n) is 9.39. The summed E-state index contributed by atoms with van der Waals surface area (Å²) in [5.41, 5.74) is 19.2. The zero-order valence-corrected chi connectivity index (χ0v) is 32.8. The highest BCUT2D eigenvalue weighted by Crippen LogP contribution is 2.52. The van der Waals surface area contributed by atoms with Gasteiger partial charge in [0.15, 0.2) is 0 Å². The minimum atomic E-state index is 0.0266. The van der Waals surface area contributed by atoms with Crippen molar-refractivity contribution in [2.24, 2.45) is 0 Å². The third-order valence-corrected chi connectivity index (χ3v) is 13.5. The van der Waals surface area contributed by atoms with Gasteiger partial charge in [0.05, 0.1) is 11.4 Å². The van der Waals surface area contributed by atoms with E-state index in [0.29, 0.717) is 0 Å². The molecule has 1 aliphatic carbocycles. The maximum atomic E-state index is 2.62. The maximum Gasteiger partial charge on any atom is 0.264 e. The zero-order valence-electron chi connectivity index (χ0n) is 32.0. The van der Waals surface area contributed by atoms with Crippen LogP contribution in [-0.2, 0) is 16.2 Å². The molecule has 51 heavy (non-hydrogen) atoms. The van der Waals surface area contributed by atoms with Crippen molar-refractivity contribution < 1.29 is 0 Å². The van der Waals surface area contributed by atoms with Crippen LogP contribution in [0.3, 0.4) is 0 Å². The van der Waals surface area contributed by atoms with E-state index in [1.54, 1.807) is 0 Å². The second kappa shape index (κ2) is 10.9. The highest BCUT2D eigenvalue weighted by molar-refractivity contribution is 7.33. The van der Waals surface area contributed by atoms with Gasteiger partial charge >= 0.3 is 0 Å². The Morgan fingerprint density at radius 1 is 0.647 bits per heavy atom. The first-order chi connectivity index (χ1) is 24.2. The maximum absolute atomic E-state index is 2.62. The Labute approximate surface area is 309 Å². The van der Waals surface area contributed by atoms with Crippen molar-refractivity contribution in [3.63, 3.8) is 0 Å². The quantitative estimate of drug-likeness (QED) is 0.167. The van der Waals surface area contributed by atoms with Crippen molar-refractivity contribution >= 4 is 78.0 Å². The number of nitrogens with zero attached hydrogens (tertiary/aromatic N) is 2. The number of fused-ring (bicyclic) bond motifs is 7. The van der Waals surface area contributed by atoms with Crippen molar-refractivity contribution in [1.29, 1.82) is 0 Å². The van der Waals surface area contributed by atoms with Gasteiger partial charge in [0.2, 0.25) is 0 Å². The van der Waals surface area contributed by atoms with Crippen LogP contribution in [0.15, 0.2) is 91.0 Å². The van der Waals surface area contributed by atoms with Crippen LogP contribution in [0.1, 0.15) is 94.7 Å². The Morgan fingerprint density at radius 3 is 1.92 bits per heavy atom. The average molecular weight is 685 g/mol. The number of hydrogen-bond acceptors (Lipinski definition) is 3. The fraction of sp³-hybridized carbons (Fsp3) is 0.319. The number of thiophene rings is 1. The summed E-state index contributed by atoms with van der Waals surface area (Å²) in [6, 6.07) is 35.3. The molecule has 4 heteroatoms. The molecule has 256 valence electrons. The number of anilines is 6. The minimum Gasteiger partial charge on any atom is -0.311 e. The Bertz CT molecular complexity index is 2390. The van der Waals surface area contributed by atoms with Gasteiger partial charge in [-0.3, -0.25) is 0 Å². The lowest BCUT2D eigenvalue weighted by Crippen LogP contribution is -2.60. The van der Waals surface area contributed by atoms with Crippen LogP contribution in [0.5, 0.6) is 0 Å². The number of hydrogen-bond donors (Lipinski definition) is 0. The second-order valence-electron chi connectivity index (χ2n) is 17.9. The number of benzene rings is 5. The third kappa shape index (κ3) is 4.75. The summed E-state index contributed by atoms with van der Waals surface area (Å²) in [7, 11) is 0. The molecule has 0 amide bonds. The van der Waals surface area contributed by atoms with Crippen LogP contribution in [-0.4, -0.2) is 6.71 Å². The van der Waals surface area contributed by atoms with Crippen LogP contribution in [0.25, 0.3) is 10.1 Å². The first kappa shape index (κ1) is 32.6. The molecule has 2 nitrogen and oxygen atoms in total. The average Bonchev–Trinajstić information content (AvgIpc) is 3.45. The molecule has 5 aromatic carbocycles. The Kier molecular flexibility index (Phi) is 6.95. The van der Waals surface area contributed by atoms with Gasteiger partial charge in [-0.25, -0.2) is 0 Å². The summed E-state index contributed by atoms with van der Waals surface area (Å²) < 4.78 is 2.86. The predicted octanol–water partition coefficient (Wildman–Crippen LogP) is 11.6. The van der Waals surface area contributed by atoms with Crippen LogP contribution >= 0.6 is 11.3 Å². The number of rotatable bonds is 2.